The van der Waals surface area contributed by atoms with E-state index < -0.39 is 41.4 Å². The van der Waals surface area contributed by atoms with Crippen LogP contribution < -0.4 is 21.3 Å². The normalized spacial score (nSPS) is 12.9. The van der Waals surface area contributed by atoms with Crippen molar-refractivity contribution in [1.82, 2.24) is 26.4 Å². The van der Waals surface area contributed by atoms with Gasteiger partial charge < -0.3 is 30.5 Å². The molecule has 3 rings (SSSR count). The molecule has 11 heteroatoms. The highest BCUT2D eigenvalue weighted by atomic mass is 16.5. The van der Waals surface area contributed by atoms with Crippen LogP contribution in [0.3, 0.4) is 0 Å². The molecule has 0 radical (unpaired) electrons. The molecule has 0 saturated carbocycles. The third-order valence-corrected chi connectivity index (χ3v) is 5.47. The van der Waals surface area contributed by atoms with Gasteiger partial charge in [0.15, 0.2) is 5.69 Å². The van der Waals surface area contributed by atoms with Gasteiger partial charge in [-0.2, -0.15) is 0 Å². The number of carbonyl (C=O) groups is 4. The van der Waals surface area contributed by atoms with Crippen LogP contribution in [-0.2, 0) is 25.7 Å². The van der Waals surface area contributed by atoms with Gasteiger partial charge in [-0.1, -0.05) is 47.6 Å². The largest absolute Gasteiger partial charge is 0.361 e. The fraction of sp³-hybridized carbons (Fsp3) is 0.370. The fourth-order valence-corrected chi connectivity index (χ4v) is 3.75. The number of aromatic nitrogens is 1. The zero-order valence-corrected chi connectivity index (χ0v) is 22.1. The van der Waals surface area contributed by atoms with Crippen molar-refractivity contribution in [2.45, 2.75) is 58.5 Å². The molecule has 1 unspecified atom stereocenters. The van der Waals surface area contributed by atoms with Crippen molar-refractivity contribution in [2.24, 2.45) is 0 Å². The Hall–Kier alpha value is -4.25. The number of amides is 4. The second-order valence-electron chi connectivity index (χ2n) is 9.83. The van der Waals surface area contributed by atoms with Crippen molar-refractivity contribution < 1.29 is 28.4 Å². The lowest BCUT2D eigenvalue weighted by atomic mass is 10.0. The summed E-state index contributed by atoms with van der Waals surface area (Å²) in [6.07, 6.45) is -1.74. The molecule has 1 aromatic heterocycles. The van der Waals surface area contributed by atoms with Gasteiger partial charge in [-0.15, -0.1) is 0 Å². The van der Waals surface area contributed by atoms with Crippen LogP contribution in [0.1, 0.15) is 49.0 Å². The maximum Gasteiger partial charge on any atom is 0.274 e. The summed E-state index contributed by atoms with van der Waals surface area (Å²) < 4.78 is 10.1. The maximum absolute atomic E-state index is 13.1. The third kappa shape index (κ3) is 7.87. The average Bonchev–Trinajstić information content (AvgIpc) is 3.30. The number of aryl methyl sites for hydroxylation is 1. The summed E-state index contributed by atoms with van der Waals surface area (Å²) in [6.45, 7) is 7.19. The lowest BCUT2D eigenvalue weighted by molar-refractivity contribution is -0.140. The topological polar surface area (TPSA) is 152 Å². The monoisotopic (exact) mass is 523 g/mol. The highest BCUT2D eigenvalue weighted by Crippen LogP contribution is 2.18. The highest BCUT2D eigenvalue weighted by Gasteiger charge is 2.30. The molecule has 0 fully saturated rings. The van der Waals surface area contributed by atoms with Crippen LogP contribution in [-0.4, -0.2) is 53.7 Å². The van der Waals surface area contributed by atoms with Crippen LogP contribution in [0.2, 0.25) is 0 Å². The average molecular weight is 524 g/mol. The number of rotatable bonds is 10. The van der Waals surface area contributed by atoms with Gasteiger partial charge in [-0.25, -0.2) is 0 Å². The molecule has 2 aromatic carbocycles. The quantitative estimate of drug-likeness (QED) is 0.296. The predicted octanol–water partition coefficient (Wildman–Crippen LogP) is 1.94. The van der Waals surface area contributed by atoms with E-state index in [2.05, 4.69) is 26.4 Å². The summed E-state index contributed by atoms with van der Waals surface area (Å²) in [7, 11) is 1.26. The molecule has 0 aliphatic rings. The molecule has 4 N–H and O–H groups in total. The SMILES string of the molecule is COC(NC(=O)[C@H](CC(=O)NC(C)(C)C)NC(=O)c1cc(C)on1)C(=O)NCc1cccc2ccccc12. The summed E-state index contributed by atoms with van der Waals surface area (Å²) in [6, 6.07) is 13.6. The Morgan fingerprint density at radius 1 is 1.00 bits per heavy atom. The minimum absolute atomic E-state index is 0.0485. The van der Waals surface area contributed by atoms with Gasteiger partial charge in [0.05, 0.1) is 6.42 Å². The lowest BCUT2D eigenvalue weighted by Gasteiger charge is -2.24. The van der Waals surface area contributed by atoms with E-state index in [1.54, 1.807) is 27.7 Å². The molecule has 11 nitrogen and oxygen atoms in total. The number of benzene rings is 2. The van der Waals surface area contributed by atoms with E-state index in [1.165, 1.54) is 13.2 Å². The van der Waals surface area contributed by atoms with Gasteiger partial charge in [0.2, 0.25) is 18.0 Å². The van der Waals surface area contributed by atoms with Gasteiger partial charge in [0.1, 0.15) is 11.8 Å². The summed E-state index contributed by atoms with van der Waals surface area (Å²) in [4.78, 5) is 51.2. The zero-order valence-electron chi connectivity index (χ0n) is 22.1. The number of fused-ring (bicyclic) bond motifs is 1. The van der Waals surface area contributed by atoms with Gasteiger partial charge >= 0.3 is 0 Å². The third-order valence-electron chi connectivity index (χ3n) is 5.47. The molecule has 1 heterocycles. The van der Waals surface area contributed by atoms with Crippen LogP contribution >= 0.6 is 0 Å². The van der Waals surface area contributed by atoms with E-state index in [0.29, 0.717) is 5.76 Å². The Balaban J connectivity index is 1.69. The van der Waals surface area contributed by atoms with Crippen molar-refractivity contribution >= 4 is 34.4 Å². The molecule has 3 aromatic rings. The van der Waals surface area contributed by atoms with E-state index in [-0.39, 0.29) is 18.7 Å². The van der Waals surface area contributed by atoms with E-state index in [1.807, 2.05) is 42.5 Å². The molecule has 4 amide bonds. The van der Waals surface area contributed by atoms with Gasteiger partial charge in [-0.05, 0) is 44.0 Å². The molecule has 0 aliphatic carbocycles. The Morgan fingerprint density at radius 3 is 2.37 bits per heavy atom. The van der Waals surface area contributed by atoms with Crippen molar-refractivity contribution in [3.8, 4) is 0 Å². The number of nitrogens with one attached hydrogen (secondary N) is 4. The van der Waals surface area contributed by atoms with E-state index in [4.69, 9.17) is 9.26 Å². The Kier molecular flexibility index (Phi) is 9.19. The van der Waals surface area contributed by atoms with E-state index in [9.17, 15) is 19.2 Å². The Bertz CT molecular complexity index is 1310. The van der Waals surface area contributed by atoms with Crippen molar-refractivity contribution in [3.05, 3.63) is 65.5 Å². The van der Waals surface area contributed by atoms with Crippen molar-refractivity contribution in [2.75, 3.05) is 7.11 Å². The minimum atomic E-state index is -1.36. The summed E-state index contributed by atoms with van der Waals surface area (Å²) in [5.41, 5.74) is 0.291. The number of hydrogen-bond donors (Lipinski definition) is 4. The fourth-order valence-electron chi connectivity index (χ4n) is 3.75. The first-order chi connectivity index (χ1) is 18.0. The first-order valence-electron chi connectivity index (χ1n) is 12.1. The van der Waals surface area contributed by atoms with Gasteiger partial charge in [0.25, 0.3) is 11.8 Å². The van der Waals surface area contributed by atoms with Crippen LogP contribution in [0, 0.1) is 6.92 Å². The number of methoxy groups -OCH3 is 1. The number of nitrogens with zero attached hydrogens (tertiary/aromatic N) is 1. The molecule has 0 aliphatic heterocycles. The molecular formula is C27H33N5O6. The molecule has 0 spiro atoms. The molecule has 202 valence electrons. The van der Waals surface area contributed by atoms with Crippen molar-refractivity contribution in [1.29, 1.82) is 0 Å². The van der Waals surface area contributed by atoms with E-state index >= 15 is 0 Å². The second kappa shape index (κ2) is 12.3. The summed E-state index contributed by atoms with van der Waals surface area (Å²) >= 11 is 0. The number of hydrogen-bond acceptors (Lipinski definition) is 7. The van der Waals surface area contributed by atoms with Gasteiger partial charge in [-0.3, -0.25) is 19.2 Å². The predicted molar refractivity (Wildman–Crippen MR) is 140 cm³/mol. The highest BCUT2D eigenvalue weighted by molar-refractivity contribution is 5.98. The molecule has 0 bridgehead atoms. The molecule has 0 saturated heterocycles. The Morgan fingerprint density at radius 2 is 1.71 bits per heavy atom. The van der Waals surface area contributed by atoms with Crippen LogP contribution in [0.5, 0.6) is 0 Å². The first kappa shape index (κ1) is 28.3. The number of carbonyl (C=O) groups excluding carboxylic acids is 4. The van der Waals surface area contributed by atoms with Gasteiger partial charge in [0, 0.05) is 25.3 Å². The maximum atomic E-state index is 13.1. The molecule has 38 heavy (non-hydrogen) atoms. The van der Waals surface area contributed by atoms with Crippen LogP contribution in [0.4, 0.5) is 0 Å². The standard InChI is InChI=1S/C27H33N5O6/c1-16-13-21(32-38-16)24(35)29-20(14-22(33)31-27(2,3)4)23(34)30-26(37-5)25(36)28-15-18-11-8-10-17-9-6-7-12-19(17)18/h6-13,20,26H,14-15H2,1-5H3,(H,28,36)(H,29,35)(H,30,34)(H,31,33)/t20-,26?/m0/s1. The van der Waals surface area contributed by atoms with Crippen LogP contribution in [0.25, 0.3) is 10.8 Å². The molecular weight excluding hydrogens is 490 g/mol. The molecule has 2 atom stereocenters. The smallest absolute Gasteiger partial charge is 0.274 e. The minimum Gasteiger partial charge on any atom is -0.361 e. The van der Waals surface area contributed by atoms with Crippen LogP contribution in [0.15, 0.2) is 53.1 Å². The number of ether oxygens (including phenoxy) is 1. The first-order valence-corrected chi connectivity index (χ1v) is 12.1. The van der Waals surface area contributed by atoms with E-state index in [0.717, 1.165) is 16.3 Å². The van der Waals surface area contributed by atoms with Crippen molar-refractivity contribution in [3.63, 3.8) is 0 Å². The summed E-state index contributed by atoms with van der Waals surface area (Å²) in [5, 5.41) is 16.1. The zero-order chi connectivity index (χ0) is 27.9. The second-order valence-corrected chi connectivity index (χ2v) is 9.83. The summed E-state index contributed by atoms with van der Waals surface area (Å²) in [5.74, 6) is -2.15. The Labute approximate surface area is 220 Å². The lowest BCUT2D eigenvalue weighted by Crippen LogP contribution is -2.56.